The summed E-state index contributed by atoms with van der Waals surface area (Å²) in [6.07, 6.45) is -5.51. The minimum absolute atomic E-state index is 0.0139. The Morgan fingerprint density at radius 3 is 2.18 bits per heavy atom. The van der Waals surface area contributed by atoms with Gasteiger partial charge in [-0.3, -0.25) is 19.4 Å². The molecular formula is C20H11ClF4N4O4. The van der Waals surface area contributed by atoms with E-state index in [0.717, 1.165) is 24.3 Å². The summed E-state index contributed by atoms with van der Waals surface area (Å²) >= 11 is 5.80. The number of fused-ring (bicyclic) bond motifs is 1. The van der Waals surface area contributed by atoms with E-state index in [0.29, 0.717) is 4.57 Å². The van der Waals surface area contributed by atoms with Crippen LogP contribution in [0.1, 0.15) is 15.9 Å². The van der Waals surface area contributed by atoms with E-state index in [2.05, 4.69) is 0 Å². The molecule has 2 aromatic carbocycles. The van der Waals surface area contributed by atoms with Crippen LogP contribution in [0, 0.1) is 5.82 Å². The van der Waals surface area contributed by atoms with Crippen molar-refractivity contribution < 1.29 is 27.2 Å². The lowest BCUT2D eigenvalue weighted by Crippen LogP contribution is -2.62. The van der Waals surface area contributed by atoms with Gasteiger partial charge in [0, 0.05) is 10.6 Å². The maximum Gasteiger partial charge on any atom is 0.425 e. The minimum atomic E-state index is -5.51. The summed E-state index contributed by atoms with van der Waals surface area (Å²) in [5.74, 6) is -4.73. The first-order chi connectivity index (χ1) is 15.5. The van der Waals surface area contributed by atoms with Gasteiger partial charge in [-0.2, -0.15) is 13.2 Å². The van der Waals surface area contributed by atoms with Crippen molar-refractivity contribution in [3.63, 3.8) is 0 Å². The number of nitrogens with one attached hydrogen (secondary N) is 3. The Kier molecular flexibility index (Phi) is 5.12. The molecule has 0 radical (unpaired) electrons. The predicted molar refractivity (Wildman–Crippen MR) is 108 cm³/mol. The molecule has 1 atom stereocenters. The largest absolute Gasteiger partial charge is 0.425 e. The molecule has 1 aliphatic heterocycles. The van der Waals surface area contributed by atoms with Gasteiger partial charge >= 0.3 is 11.9 Å². The van der Waals surface area contributed by atoms with E-state index in [1.165, 1.54) is 24.3 Å². The molecule has 0 fully saturated rings. The average molecular weight is 483 g/mol. The second-order valence-corrected chi connectivity index (χ2v) is 7.39. The molecule has 0 spiro atoms. The monoisotopic (exact) mass is 482 g/mol. The smallest absolute Gasteiger partial charge is 0.326 e. The molecular weight excluding hydrogens is 472 g/mol. The number of hydrogen-bond donors (Lipinski definition) is 3. The third-order valence-corrected chi connectivity index (χ3v) is 5.23. The van der Waals surface area contributed by atoms with Crippen LogP contribution in [0.25, 0.3) is 5.69 Å². The predicted octanol–water partition coefficient (Wildman–Crippen LogP) is 2.46. The van der Waals surface area contributed by atoms with Crippen LogP contribution in [0.5, 0.6) is 0 Å². The Morgan fingerprint density at radius 2 is 1.61 bits per heavy atom. The topological polar surface area (TPSA) is 113 Å². The number of hydrogen-bond acceptors (Lipinski definition) is 4. The van der Waals surface area contributed by atoms with E-state index >= 15 is 0 Å². The van der Waals surface area contributed by atoms with Crippen molar-refractivity contribution in [2.75, 3.05) is 5.32 Å². The molecule has 3 aromatic rings. The van der Waals surface area contributed by atoms with Gasteiger partial charge in [-0.15, -0.1) is 0 Å². The summed E-state index contributed by atoms with van der Waals surface area (Å²) in [6.45, 7) is 0. The molecule has 0 saturated carbocycles. The summed E-state index contributed by atoms with van der Waals surface area (Å²) in [7, 11) is 0. The zero-order valence-corrected chi connectivity index (χ0v) is 16.8. The molecule has 2 heterocycles. The van der Waals surface area contributed by atoms with Crippen LogP contribution in [0.4, 0.5) is 23.4 Å². The Bertz CT molecular complexity index is 1400. The van der Waals surface area contributed by atoms with Crippen LogP contribution in [-0.2, 0) is 10.3 Å². The van der Waals surface area contributed by atoms with Crippen LogP contribution >= 0.6 is 11.6 Å². The highest BCUT2D eigenvalue weighted by molar-refractivity contribution is 6.30. The third-order valence-electron chi connectivity index (χ3n) is 4.98. The fraction of sp³-hybridized carbons (Fsp3) is 0.100. The average Bonchev–Trinajstić information content (AvgIpc) is 3.03. The van der Waals surface area contributed by atoms with Crippen LogP contribution in [0.2, 0.25) is 5.02 Å². The van der Waals surface area contributed by atoms with Gasteiger partial charge in [0.25, 0.3) is 22.9 Å². The second kappa shape index (κ2) is 7.59. The number of carbonyl (C=O) groups is 2. The van der Waals surface area contributed by atoms with E-state index in [4.69, 9.17) is 11.6 Å². The number of halogens is 5. The molecule has 8 nitrogen and oxygen atoms in total. The number of aromatic nitrogens is 2. The number of alkyl halides is 3. The van der Waals surface area contributed by atoms with Gasteiger partial charge < -0.3 is 10.6 Å². The number of rotatable bonds is 3. The van der Waals surface area contributed by atoms with Crippen molar-refractivity contribution in [1.29, 1.82) is 0 Å². The van der Waals surface area contributed by atoms with Gasteiger partial charge in [0.15, 0.2) is 0 Å². The lowest BCUT2D eigenvalue weighted by Gasteiger charge is -2.30. The highest BCUT2D eigenvalue weighted by Gasteiger charge is 2.68. The van der Waals surface area contributed by atoms with Gasteiger partial charge in [0.05, 0.1) is 5.69 Å². The highest BCUT2D eigenvalue weighted by Crippen LogP contribution is 2.45. The van der Waals surface area contributed by atoms with Crippen molar-refractivity contribution in [3.05, 3.63) is 91.3 Å². The summed E-state index contributed by atoms with van der Waals surface area (Å²) in [6, 6.07) is 8.71. The van der Waals surface area contributed by atoms with E-state index in [1.807, 2.05) is 5.32 Å². The zero-order valence-electron chi connectivity index (χ0n) is 16.1. The minimum Gasteiger partial charge on any atom is -0.326 e. The van der Waals surface area contributed by atoms with E-state index < -0.39 is 57.5 Å². The molecule has 0 saturated heterocycles. The first kappa shape index (κ1) is 22.3. The number of aromatic amines is 1. The molecule has 0 bridgehead atoms. The second-order valence-electron chi connectivity index (χ2n) is 6.96. The SMILES string of the molecule is O=C(N[C@]1(C(F)(F)F)C(=O)Nc2c1c(=O)[nH]c(=O)n2-c1ccc(Cl)cc1)c1ccc(F)cc1. The van der Waals surface area contributed by atoms with E-state index in [9.17, 15) is 36.7 Å². The molecule has 0 unspecified atom stereocenters. The van der Waals surface area contributed by atoms with Crippen molar-refractivity contribution >= 4 is 29.2 Å². The number of H-pyrrole nitrogens is 1. The highest BCUT2D eigenvalue weighted by atomic mass is 35.5. The number of benzene rings is 2. The number of amides is 2. The number of anilines is 1. The van der Waals surface area contributed by atoms with Crippen molar-refractivity contribution in [1.82, 2.24) is 14.9 Å². The summed E-state index contributed by atoms with van der Waals surface area (Å²) < 4.78 is 56.9. The maximum atomic E-state index is 14.4. The summed E-state index contributed by atoms with van der Waals surface area (Å²) in [5, 5.41) is 3.73. The maximum absolute atomic E-state index is 14.4. The first-order valence-corrected chi connectivity index (χ1v) is 9.45. The Labute approximate surface area is 185 Å². The van der Waals surface area contributed by atoms with E-state index in [-0.39, 0.29) is 10.7 Å². The fourth-order valence-electron chi connectivity index (χ4n) is 3.46. The molecule has 2 amide bonds. The van der Waals surface area contributed by atoms with E-state index in [1.54, 1.807) is 10.3 Å². The molecule has 4 rings (SSSR count). The third kappa shape index (κ3) is 3.48. The number of carbonyl (C=O) groups excluding carboxylic acids is 2. The Balaban J connectivity index is 1.96. The molecule has 33 heavy (non-hydrogen) atoms. The normalized spacial score (nSPS) is 17.4. The summed E-state index contributed by atoms with van der Waals surface area (Å²) in [4.78, 5) is 52.1. The van der Waals surface area contributed by atoms with Gasteiger partial charge in [-0.05, 0) is 48.5 Å². The zero-order chi connectivity index (χ0) is 24.1. The van der Waals surface area contributed by atoms with Gasteiger partial charge in [0.2, 0.25) is 0 Å². The molecule has 13 heteroatoms. The first-order valence-electron chi connectivity index (χ1n) is 9.07. The molecule has 1 aromatic heterocycles. The van der Waals surface area contributed by atoms with Gasteiger partial charge in [-0.1, -0.05) is 11.6 Å². The quantitative estimate of drug-likeness (QED) is 0.498. The molecule has 1 aliphatic rings. The molecule has 170 valence electrons. The van der Waals surface area contributed by atoms with Crippen molar-refractivity contribution in [2.45, 2.75) is 11.7 Å². The number of nitrogens with zero attached hydrogens (tertiary/aromatic N) is 1. The standard InChI is InChI=1S/C20H11ClF4N4O4/c21-10-3-7-12(8-4-10)29-14-13(16(31)27-18(29)33)19(17(32)26-14,20(23,24)25)28-15(30)9-1-5-11(22)6-2-9/h1-8H,(H,26,32)(H,28,30)(H,27,31,33)/t19-/m0/s1. The molecule has 3 N–H and O–H groups in total. The lowest BCUT2D eigenvalue weighted by molar-refractivity contribution is -0.196. The molecule has 0 aliphatic carbocycles. The van der Waals surface area contributed by atoms with Crippen molar-refractivity contribution in [2.24, 2.45) is 0 Å². The Morgan fingerprint density at radius 1 is 1.00 bits per heavy atom. The van der Waals surface area contributed by atoms with Gasteiger partial charge in [-0.25, -0.2) is 13.8 Å². The van der Waals surface area contributed by atoms with Crippen LogP contribution in [0.3, 0.4) is 0 Å². The van der Waals surface area contributed by atoms with Gasteiger partial charge in [0.1, 0.15) is 17.2 Å². The van der Waals surface area contributed by atoms with Crippen LogP contribution in [0.15, 0.2) is 58.1 Å². The summed E-state index contributed by atoms with van der Waals surface area (Å²) in [5.41, 5.74) is -8.14. The van der Waals surface area contributed by atoms with Crippen molar-refractivity contribution in [3.8, 4) is 5.69 Å². The Hall–Kier alpha value is -3.93. The van der Waals surface area contributed by atoms with Crippen LogP contribution in [-0.4, -0.2) is 27.5 Å². The lowest BCUT2D eigenvalue weighted by atomic mass is 9.91. The fourth-order valence-corrected chi connectivity index (χ4v) is 3.58. The van der Waals surface area contributed by atoms with Crippen LogP contribution < -0.4 is 21.9 Å².